The minimum atomic E-state index is -0.827. The van der Waals surface area contributed by atoms with Crippen molar-refractivity contribution in [3.8, 4) is 0 Å². The molecule has 1 aromatic rings. The summed E-state index contributed by atoms with van der Waals surface area (Å²) in [6.45, 7) is 8.41. The van der Waals surface area contributed by atoms with Crippen LogP contribution < -0.4 is 10.5 Å². The fraction of sp³-hybridized carbons (Fsp3) is 0.643. The van der Waals surface area contributed by atoms with Gasteiger partial charge in [-0.2, -0.15) is 0 Å². The molecule has 1 aromatic heterocycles. The molecule has 0 spiro atoms. The van der Waals surface area contributed by atoms with Crippen LogP contribution in [-0.2, 0) is 10.3 Å². The van der Waals surface area contributed by atoms with Crippen LogP contribution in [0.1, 0.15) is 34.1 Å². The normalized spacial score (nSPS) is 23.1. The highest BCUT2D eigenvalue weighted by molar-refractivity contribution is 5.76. The Hall–Kier alpha value is -1.85. The Labute approximate surface area is 118 Å². The lowest BCUT2D eigenvalue weighted by Crippen LogP contribution is -2.39. The molecule has 2 heterocycles. The highest BCUT2D eigenvalue weighted by atomic mass is 16.4. The average Bonchev–Trinajstić information content (AvgIpc) is 2.72. The van der Waals surface area contributed by atoms with Crippen molar-refractivity contribution in [1.82, 2.24) is 9.55 Å². The summed E-state index contributed by atoms with van der Waals surface area (Å²) in [5.41, 5.74) is -1.31. The molecule has 1 saturated heterocycles. The Kier molecular flexibility index (Phi) is 3.36. The fourth-order valence-corrected chi connectivity index (χ4v) is 2.46. The van der Waals surface area contributed by atoms with Gasteiger partial charge in [-0.1, -0.05) is 0 Å². The standard InChI is InChI=1S/C14H21N3O3/c1-13(2,3)17-8-6-15-10(11(17)18)16-7-5-14(4,9-16)12(19)20/h6,8H,5,7,9H2,1-4H3,(H,19,20). The molecule has 0 amide bonds. The smallest absolute Gasteiger partial charge is 0.311 e. The molecular formula is C14H21N3O3. The molecule has 2 rings (SSSR count). The molecular weight excluding hydrogens is 258 g/mol. The number of anilines is 1. The van der Waals surface area contributed by atoms with E-state index >= 15 is 0 Å². The van der Waals surface area contributed by atoms with Gasteiger partial charge >= 0.3 is 5.97 Å². The van der Waals surface area contributed by atoms with Gasteiger partial charge in [0, 0.05) is 31.0 Å². The molecule has 1 unspecified atom stereocenters. The predicted molar refractivity (Wildman–Crippen MR) is 76.1 cm³/mol. The van der Waals surface area contributed by atoms with Crippen molar-refractivity contribution >= 4 is 11.8 Å². The van der Waals surface area contributed by atoms with Crippen molar-refractivity contribution in [3.05, 3.63) is 22.7 Å². The van der Waals surface area contributed by atoms with Crippen molar-refractivity contribution in [1.29, 1.82) is 0 Å². The van der Waals surface area contributed by atoms with Gasteiger partial charge in [-0.3, -0.25) is 9.59 Å². The first-order chi connectivity index (χ1) is 9.15. The van der Waals surface area contributed by atoms with E-state index in [2.05, 4.69) is 4.98 Å². The van der Waals surface area contributed by atoms with Crippen molar-refractivity contribution in [3.63, 3.8) is 0 Å². The number of hydrogen-bond acceptors (Lipinski definition) is 4. The van der Waals surface area contributed by atoms with Crippen molar-refractivity contribution in [2.75, 3.05) is 18.0 Å². The summed E-state index contributed by atoms with van der Waals surface area (Å²) in [7, 11) is 0. The van der Waals surface area contributed by atoms with Crippen LogP contribution in [0.2, 0.25) is 0 Å². The summed E-state index contributed by atoms with van der Waals surface area (Å²) < 4.78 is 1.63. The van der Waals surface area contributed by atoms with Gasteiger partial charge in [-0.05, 0) is 34.1 Å². The molecule has 1 N–H and O–H groups in total. The van der Waals surface area contributed by atoms with Gasteiger partial charge in [0.15, 0.2) is 5.82 Å². The largest absolute Gasteiger partial charge is 0.481 e. The lowest BCUT2D eigenvalue weighted by atomic mass is 9.90. The van der Waals surface area contributed by atoms with Gasteiger partial charge in [-0.25, -0.2) is 4.98 Å². The predicted octanol–water partition coefficient (Wildman–Crippen LogP) is 1.30. The van der Waals surface area contributed by atoms with E-state index in [0.29, 0.717) is 25.3 Å². The number of nitrogens with zero attached hydrogens (tertiary/aromatic N) is 3. The molecule has 1 aliphatic heterocycles. The van der Waals surface area contributed by atoms with Gasteiger partial charge in [0.1, 0.15) is 0 Å². The SMILES string of the molecule is CC1(C(=O)O)CCN(c2nccn(C(C)(C)C)c2=O)C1. The maximum absolute atomic E-state index is 12.5. The molecule has 0 aromatic carbocycles. The third kappa shape index (κ3) is 2.42. The summed E-state index contributed by atoms with van der Waals surface area (Å²) in [6, 6.07) is 0. The summed E-state index contributed by atoms with van der Waals surface area (Å²) in [6.07, 6.45) is 3.78. The molecule has 1 fully saturated rings. The fourth-order valence-electron chi connectivity index (χ4n) is 2.46. The Bertz CT molecular complexity index is 588. The highest BCUT2D eigenvalue weighted by Gasteiger charge is 2.41. The molecule has 1 aliphatic rings. The topological polar surface area (TPSA) is 75.4 Å². The number of carboxylic acid groups (broad SMARTS) is 1. The minimum absolute atomic E-state index is 0.172. The van der Waals surface area contributed by atoms with Gasteiger partial charge in [0.2, 0.25) is 0 Å². The van der Waals surface area contributed by atoms with Crippen LogP contribution in [0.25, 0.3) is 0 Å². The number of hydrogen-bond donors (Lipinski definition) is 1. The summed E-state index contributed by atoms with van der Waals surface area (Å²) in [5.74, 6) is -0.487. The second-order valence-corrected chi connectivity index (χ2v) is 6.63. The zero-order valence-electron chi connectivity index (χ0n) is 12.4. The first kappa shape index (κ1) is 14.6. The Morgan fingerprint density at radius 1 is 1.45 bits per heavy atom. The van der Waals surface area contributed by atoms with E-state index in [-0.39, 0.29) is 11.1 Å². The summed E-state index contributed by atoms with van der Waals surface area (Å²) >= 11 is 0. The second-order valence-electron chi connectivity index (χ2n) is 6.63. The minimum Gasteiger partial charge on any atom is -0.481 e. The highest BCUT2D eigenvalue weighted by Crippen LogP contribution is 2.31. The third-order valence-electron chi connectivity index (χ3n) is 3.83. The van der Waals surface area contributed by atoms with Crippen LogP contribution in [-0.4, -0.2) is 33.7 Å². The number of aliphatic carboxylic acids is 1. The molecule has 20 heavy (non-hydrogen) atoms. The van der Waals surface area contributed by atoms with E-state index in [0.717, 1.165) is 0 Å². The zero-order valence-corrected chi connectivity index (χ0v) is 12.4. The number of carboxylic acids is 1. The molecule has 1 atom stereocenters. The van der Waals surface area contributed by atoms with Crippen molar-refractivity contribution < 1.29 is 9.90 Å². The first-order valence-corrected chi connectivity index (χ1v) is 6.72. The van der Waals surface area contributed by atoms with Crippen LogP contribution >= 0.6 is 0 Å². The van der Waals surface area contributed by atoms with Gasteiger partial charge in [0.05, 0.1) is 5.41 Å². The molecule has 6 nitrogen and oxygen atoms in total. The number of rotatable bonds is 2. The Morgan fingerprint density at radius 3 is 2.60 bits per heavy atom. The lowest BCUT2D eigenvalue weighted by molar-refractivity contribution is -0.146. The average molecular weight is 279 g/mol. The number of carbonyl (C=O) groups is 1. The number of aromatic nitrogens is 2. The van der Waals surface area contributed by atoms with Crippen LogP contribution in [0.5, 0.6) is 0 Å². The van der Waals surface area contributed by atoms with Crippen LogP contribution in [0, 0.1) is 5.41 Å². The molecule has 0 aliphatic carbocycles. The monoisotopic (exact) mass is 279 g/mol. The van der Waals surface area contributed by atoms with Crippen LogP contribution in [0.3, 0.4) is 0 Å². The van der Waals surface area contributed by atoms with E-state index in [1.165, 1.54) is 0 Å². The summed E-state index contributed by atoms with van der Waals surface area (Å²) in [4.78, 5) is 29.7. The van der Waals surface area contributed by atoms with Crippen LogP contribution in [0.15, 0.2) is 17.2 Å². The van der Waals surface area contributed by atoms with Gasteiger partial charge in [0.25, 0.3) is 5.56 Å². The molecule has 6 heteroatoms. The van der Waals surface area contributed by atoms with E-state index in [1.54, 1.807) is 28.8 Å². The maximum atomic E-state index is 12.5. The Balaban J connectivity index is 2.37. The molecule has 110 valence electrons. The molecule has 0 saturated carbocycles. The third-order valence-corrected chi connectivity index (χ3v) is 3.83. The molecule has 0 radical (unpaired) electrons. The van der Waals surface area contributed by atoms with Gasteiger partial charge in [-0.15, -0.1) is 0 Å². The van der Waals surface area contributed by atoms with E-state index in [1.807, 2.05) is 20.8 Å². The lowest BCUT2D eigenvalue weighted by Gasteiger charge is -2.25. The van der Waals surface area contributed by atoms with E-state index < -0.39 is 11.4 Å². The quantitative estimate of drug-likeness (QED) is 0.883. The van der Waals surface area contributed by atoms with Crippen molar-refractivity contribution in [2.45, 2.75) is 39.7 Å². The van der Waals surface area contributed by atoms with Gasteiger partial charge < -0.3 is 14.6 Å². The second kappa shape index (κ2) is 4.61. The molecule has 0 bridgehead atoms. The van der Waals surface area contributed by atoms with Crippen molar-refractivity contribution in [2.24, 2.45) is 5.41 Å². The summed E-state index contributed by atoms with van der Waals surface area (Å²) in [5, 5.41) is 9.26. The van der Waals surface area contributed by atoms with E-state index in [9.17, 15) is 14.7 Å². The van der Waals surface area contributed by atoms with Crippen LogP contribution in [0.4, 0.5) is 5.82 Å². The van der Waals surface area contributed by atoms with E-state index in [4.69, 9.17) is 0 Å². The first-order valence-electron chi connectivity index (χ1n) is 6.72. The zero-order chi connectivity index (χ0) is 15.1. The Morgan fingerprint density at radius 2 is 2.10 bits per heavy atom. The maximum Gasteiger partial charge on any atom is 0.311 e.